The summed E-state index contributed by atoms with van der Waals surface area (Å²) >= 11 is 1.01. The summed E-state index contributed by atoms with van der Waals surface area (Å²) in [5, 5.41) is 2.49. The Bertz CT molecular complexity index is 1300. The second-order valence-corrected chi connectivity index (χ2v) is 10.3. The van der Waals surface area contributed by atoms with Gasteiger partial charge in [0, 0.05) is 55.7 Å². The van der Waals surface area contributed by atoms with Crippen molar-refractivity contribution in [2.75, 3.05) is 24.2 Å². The molecule has 0 saturated carbocycles. The van der Waals surface area contributed by atoms with Crippen LogP contribution in [0.2, 0.25) is 0 Å². The smallest absolute Gasteiger partial charge is 0.330 e. The molecule has 0 fully saturated rings. The Kier molecular flexibility index (Phi) is 16.2. The molecule has 4 N–H and O–H groups in total. The van der Waals surface area contributed by atoms with Crippen LogP contribution in [0.15, 0.2) is 59.6 Å². The first-order chi connectivity index (χ1) is 21.2. The van der Waals surface area contributed by atoms with Crippen molar-refractivity contribution in [2.24, 2.45) is 16.6 Å². The number of carbonyl (C=O) groups excluding carboxylic acids is 3. The quantitative estimate of drug-likeness (QED) is 0.140. The van der Waals surface area contributed by atoms with Gasteiger partial charge < -0.3 is 20.7 Å². The molecular weight excluding hydrogens is 624 g/mol. The number of hydrogen-bond acceptors (Lipinski definition) is 6. The molecule has 2 aromatic carbocycles. The number of para-hydroxylation sites is 1. The summed E-state index contributed by atoms with van der Waals surface area (Å²) in [7, 11) is 1.53. The number of halogens is 6. The van der Waals surface area contributed by atoms with Crippen molar-refractivity contribution in [3.8, 4) is 12.8 Å². The van der Waals surface area contributed by atoms with Crippen LogP contribution in [0.5, 0.6) is 0 Å². The van der Waals surface area contributed by atoms with Crippen molar-refractivity contribution >= 4 is 41.1 Å². The third-order valence-electron chi connectivity index (χ3n) is 6.06. The molecule has 246 valence electrons. The van der Waals surface area contributed by atoms with Gasteiger partial charge in [0.25, 0.3) is 5.91 Å². The minimum absolute atomic E-state index is 0.296. The van der Waals surface area contributed by atoms with E-state index < -0.39 is 67.8 Å². The fourth-order valence-corrected chi connectivity index (χ4v) is 4.28. The number of benzene rings is 2. The van der Waals surface area contributed by atoms with E-state index >= 15 is 0 Å². The number of likely N-dealkylation sites (N-methyl/N-ethyl adjacent to an activating group) is 1. The summed E-state index contributed by atoms with van der Waals surface area (Å²) in [6.45, 7) is 1.38. The van der Waals surface area contributed by atoms with Crippen molar-refractivity contribution in [1.82, 2.24) is 10.0 Å². The number of alkyl halides is 6. The third-order valence-corrected chi connectivity index (χ3v) is 6.87. The monoisotopic (exact) mass is 659 g/mol. The highest BCUT2D eigenvalue weighted by Crippen LogP contribution is 2.28. The average molecular weight is 660 g/mol. The van der Waals surface area contributed by atoms with E-state index in [1.54, 1.807) is 48.5 Å². The van der Waals surface area contributed by atoms with Gasteiger partial charge in [0.1, 0.15) is 0 Å². The number of nitrogens with two attached hydrogens (primary N) is 1. The summed E-state index contributed by atoms with van der Waals surface area (Å²) in [4.78, 5) is 44.6. The van der Waals surface area contributed by atoms with Crippen LogP contribution in [0.25, 0.3) is 0 Å². The zero-order valence-corrected chi connectivity index (χ0v) is 25.4. The zero-order valence-electron chi connectivity index (χ0n) is 24.6. The van der Waals surface area contributed by atoms with Gasteiger partial charge in [-0.15, -0.1) is 12.8 Å². The minimum Gasteiger partial charge on any atom is -0.330 e. The molecule has 3 rings (SSSR count). The van der Waals surface area contributed by atoms with Gasteiger partial charge in [-0.3, -0.25) is 14.4 Å². The molecule has 1 heterocycles. The van der Waals surface area contributed by atoms with Crippen molar-refractivity contribution < 1.29 is 40.7 Å². The van der Waals surface area contributed by atoms with E-state index in [4.69, 9.17) is 5.73 Å². The first-order valence-electron chi connectivity index (χ1n) is 13.5. The van der Waals surface area contributed by atoms with Gasteiger partial charge in [0.05, 0.1) is 11.4 Å². The lowest BCUT2D eigenvalue weighted by atomic mass is 9.97. The van der Waals surface area contributed by atoms with E-state index in [1.807, 2.05) is 6.07 Å². The first-order valence-corrected chi connectivity index (χ1v) is 14.5. The molecule has 8 nitrogen and oxygen atoms in total. The lowest BCUT2D eigenvalue weighted by Crippen LogP contribution is -2.48. The molecule has 0 bridgehead atoms. The summed E-state index contributed by atoms with van der Waals surface area (Å²) in [6.07, 6.45) is -4.95. The van der Waals surface area contributed by atoms with Crippen LogP contribution in [-0.4, -0.2) is 61.3 Å². The Labute approximate surface area is 262 Å². The van der Waals surface area contributed by atoms with Crippen LogP contribution in [0, 0.1) is 18.8 Å². The highest BCUT2D eigenvalue weighted by molar-refractivity contribution is 7.97. The second kappa shape index (κ2) is 18.7. The number of benzodiazepines with no additional fused rings is 1. The Morgan fingerprint density at radius 3 is 2.16 bits per heavy atom. The van der Waals surface area contributed by atoms with Crippen molar-refractivity contribution in [3.05, 3.63) is 65.7 Å². The molecule has 1 aliphatic heterocycles. The molecule has 3 amide bonds. The maximum atomic E-state index is 13.3. The largest absolute Gasteiger partial charge is 0.389 e. The Morgan fingerprint density at radius 1 is 1.02 bits per heavy atom. The maximum absolute atomic E-state index is 13.3. The number of aliphatic imine (C=N–C) groups is 1. The van der Waals surface area contributed by atoms with Gasteiger partial charge in [0.2, 0.25) is 18.0 Å². The number of rotatable bonds is 10. The van der Waals surface area contributed by atoms with E-state index in [-0.39, 0.29) is 0 Å². The Hall–Kier alpha value is -4.03. The lowest BCUT2D eigenvalue weighted by molar-refractivity contribution is -0.143. The number of carbonyl (C=O) groups is 3. The van der Waals surface area contributed by atoms with Crippen LogP contribution < -0.4 is 20.7 Å². The summed E-state index contributed by atoms with van der Waals surface area (Å²) in [5.74, 6) is -2.95. The van der Waals surface area contributed by atoms with Gasteiger partial charge in [0.15, 0.2) is 0 Å². The molecule has 15 heteroatoms. The molecule has 0 unspecified atom stereocenters. The van der Waals surface area contributed by atoms with Crippen LogP contribution >= 0.6 is 11.9 Å². The number of nitrogens with one attached hydrogen (secondary N) is 2. The molecule has 0 radical (unpaired) electrons. The van der Waals surface area contributed by atoms with Crippen LogP contribution in [0.1, 0.15) is 43.7 Å². The Morgan fingerprint density at radius 2 is 1.60 bits per heavy atom. The molecule has 2 aromatic rings. The van der Waals surface area contributed by atoms with Gasteiger partial charge in [-0.25, -0.2) is 4.99 Å². The molecule has 0 saturated heterocycles. The first kappa shape index (κ1) is 39.0. The van der Waals surface area contributed by atoms with Gasteiger partial charge in [-0.2, -0.15) is 26.3 Å². The van der Waals surface area contributed by atoms with E-state index in [1.165, 1.54) is 11.9 Å². The molecule has 45 heavy (non-hydrogen) atoms. The average Bonchev–Trinajstić information content (AvgIpc) is 3.11. The normalized spacial score (nSPS) is 15.1. The predicted molar refractivity (Wildman–Crippen MR) is 163 cm³/mol. The van der Waals surface area contributed by atoms with Crippen molar-refractivity contribution in [1.29, 1.82) is 0 Å². The fraction of sp³-hybridized carbons (Fsp3) is 0.400. The second-order valence-electron chi connectivity index (χ2n) is 9.36. The van der Waals surface area contributed by atoms with E-state index in [9.17, 15) is 40.7 Å². The van der Waals surface area contributed by atoms with Crippen molar-refractivity contribution in [3.63, 3.8) is 0 Å². The van der Waals surface area contributed by atoms with Gasteiger partial charge in [-0.05, 0) is 24.4 Å². The molecule has 1 aliphatic rings. The van der Waals surface area contributed by atoms with Gasteiger partial charge in [-0.1, -0.05) is 55.5 Å². The van der Waals surface area contributed by atoms with Crippen LogP contribution in [0.3, 0.4) is 0 Å². The molecule has 0 spiro atoms. The van der Waals surface area contributed by atoms with Crippen molar-refractivity contribution in [2.45, 2.75) is 51.1 Å². The molecular formula is C30H35F6N5O3S. The maximum Gasteiger partial charge on any atom is 0.389 e. The zero-order chi connectivity index (χ0) is 34.2. The third kappa shape index (κ3) is 13.7. The van der Waals surface area contributed by atoms with Gasteiger partial charge >= 0.3 is 12.4 Å². The highest BCUT2D eigenvalue weighted by atomic mass is 32.2. The highest BCUT2D eigenvalue weighted by Gasteiger charge is 2.35. The molecule has 2 atom stereocenters. The number of hydrogen-bond donors (Lipinski definition) is 3. The number of fused-ring (bicyclic) bond motifs is 1. The van der Waals surface area contributed by atoms with Crippen LogP contribution in [0.4, 0.5) is 32.0 Å². The summed E-state index contributed by atoms with van der Waals surface area (Å²) in [6, 6.07) is 16.1. The van der Waals surface area contributed by atoms with Crippen LogP contribution in [-0.2, 0) is 14.4 Å². The standard InChI is InChI=1S/C25H28F3N5O3S.C3H5F3.C2H2/c1-33-19-10-6-5-9-18(19)21(16-7-3-2-4-8-16)30-22(24(33)36)31-23(35)17(11-12-25(26,27)28)15-20(34)32-37-14-13-29;1-2-3(4,5)6;1-2/h2-10,17,22H,11-15,29H2,1H3,(H,31,35)(H,32,34);2H2,1H3;1-2H/t17-,22-;;/m1../s1. The Balaban J connectivity index is 0.00000113. The molecule has 0 aliphatic carbocycles. The topological polar surface area (TPSA) is 117 Å². The number of nitrogens with zero attached hydrogens (tertiary/aromatic N) is 2. The predicted octanol–water partition coefficient (Wildman–Crippen LogP) is 5.22. The van der Waals surface area contributed by atoms with E-state index in [2.05, 4.69) is 27.9 Å². The molecule has 0 aromatic heterocycles. The number of terminal acetylenes is 1. The fourth-order valence-electron chi connectivity index (χ4n) is 3.81. The SMILES string of the molecule is C#C.CCC(F)(F)F.CN1C(=O)[C@@H](NC(=O)[C@H](CCC(F)(F)F)CC(=O)NSCCN)N=C(c2ccccc2)c2ccccc21. The number of amides is 3. The van der Waals surface area contributed by atoms with E-state index in [0.717, 1.165) is 18.9 Å². The summed E-state index contributed by atoms with van der Waals surface area (Å²) < 4.78 is 73.7. The van der Waals surface area contributed by atoms with E-state index in [0.29, 0.717) is 34.8 Å². The lowest BCUT2D eigenvalue weighted by Gasteiger charge is -2.23. The minimum atomic E-state index is -4.51. The summed E-state index contributed by atoms with van der Waals surface area (Å²) in [5.41, 5.74) is 7.74. The number of anilines is 1.